The summed E-state index contributed by atoms with van der Waals surface area (Å²) >= 11 is 0. The molecule has 1 aliphatic rings. The number of aromatic nitrogens is 1. The third-order valence-corrected chi connectivity index (χ3v) is 4.45. The van der Waals surface area contributed by atoms with Crippen LogP contribution < -0.4 is 10.1 Å². The van der Waals surface area contributed by atoms with Crippen LogP contribution in [0.1, 0.15) is 11.3 Å². The molecule has 3 aromatic rings. The van der Waals surface area contributed by atoms with E-state index in [2.05, 4.69) is 10.3 Å². The van der Waals surface area contributed by atoms with Gasteiger partial charge >= 0.3 is 0 Å². The average molecular weight is 361 g/mol. The van der Waals surface area contributed by atoms with Gasteiger partial charge in [-0.1, -0.05) is 30.3 Å². The SMILES string of the molecule is COc1cc[nH]c1C=C1C(=O)Nc2ccc([N+](=O)[O-])c(-c3ccccc3)c21. The van der Waals surface area contributed by atoms with Gasteiger partial charge in [-0.05, 0) is 23.8 Å². The van der Waals surface area contributed by atoms with Gasteiger partial charge in [0, 0.05) is 17.8 Å². The summed E-state index contributed by atoms with van der Waals surface area (Å²) in [6.07, 6.45) is 3.35. The van der Waals surface area contributed by atoms with Gasteiger partial charge in [0.25, 0.3) is 11.6 Å². The van der Waals surface area contributed by atoms with Crippen molar-refractivity contribution in [2.45, 2.75) is 0 Å². The van der Waals surface area contributed by atoms with Gasteiger partial charge in [-0.15, -0.1) is 0 Å². The first-order valence-electron chi connectivity index (χ1n) is 8.21. The van der Waals surface area contributed by atoms with E-state index in [9.17, 15) is 14.9 Å². The number of ether oxygens (including phenoxy) is 1. The van der Waals surface area contributed by atoms with Gasteiger partial charge < -0.3 is 15.0 Å². The van der Waals surface area contributed by atoms with Crippen LogP contribution in [0.15, 0.2) is 54.7 Å². The Hall–Kier alpha value is -3.87. The molecular weight excluding hydrogens is 346 g/mol. The average Bonchev–Trinajstić information content (AvgIpc) is 3.26. The van der Waals surface area contributed by atoms with Crippen molar-refractivity contribution in [3.8, 4) is 16.9 Å². The van der Waals surface area contributed by atoms with E-state index < -0.39 is 4.92 Å². The summed E-state index contributed by atoms with van der Waals surface area (Å²) in [6.45, 7) is 0. The zero-order valence-corrected chi connectivity index (χ0v) is 14.4. The monoisotopic (exact) mass is 361 g/mol. The molecule has 0 bridgehead atoms. The number of nitrogens with zero attached hydrogens (tertiary/aromatic N) is 1. The standard InChI is InChI=1S/C20H15N3O4/c1-27-17-9-10-21-15(17)11-13-19-14(22-20(13)24)7-8-16(23(25)26)18(19)12-5-3-2-4-6-12/h2-11,21H,1H3,(H,22,24). The Labute approximate surface area is 154 Å². The van der Waals surface area contributed by atoms with Crippen LogP contribution in [-0.4, -0.2) is 22.9 Å². The highest BCUT2D eigenvalue weighted by molar-refractivity contribution is 6.36. The molecule has 0 unspecified atom stereocenters. The first kappa shape index (κ1) is 16.6. The van der Waals surface area contributed by atoms with Crippen molar-refractivity contribution in [3.63, 3.8) is 0 Å². The number of methoxy groups -OCH3 is 1. The van der Waals surface area contributed by atoms with Gasteiger partial charge in [0.15, 0.2) is 0 Å². The molecule has 2 aromatic carbocycles. The molecule has 27 heavy (non-hydrogen) atoms. The number of carbonyl (C=O) groups is 1. The van der Waals surface area contributed by atoms with Gasteiger partial charge in [0.2, 0.25) is 0 Å². The van der Waals surface area contributed by atoms with E-state index in [1.807, 2.05) is 6.07 Å². The molecule has 1 aromatic heterocycles. The predicted octanol–water partition coefficient (Wildman–Crippen LogP) is 4.09. The maximum atomic E-state index is 12.6. The number of H-pyrrole nitrogens is 1. The molecule has 134 valence electrons. The van der Waals surface area contributed by atoms with E-state index in [0.717, 1.165) is 0 Å². The summed E-state index contributed by atoms with van der Waals surface area (Å²) in [7, 11) is 1.54. The molecule has 2 N–H and O–H groups in total. The van der Waals surface area contributed by atoms with E-state index in [4.69, 9.17) is 4.74 Å². The normalized spacial score (nSPS) is 14.1. The van der Waals surface area contributed by atoms with Crippen LogP contribution >= 0.6 is 0 Å². The number of amides is 1. The van der Waals surface area contributed by atoms with Crippen LogP contribution in [0.5, 0.6) is 5.75 Å². The minimum absolute atomic E-state index is 0.0548. The van der Waals surface area contributed by atoms with Crippen LogP contribution in [0.25, 0.3) is 22.8 Å². The van der Waals surface area contributed by atoms with Crippen molar-refractivity contribution in [1.29, 1.82) is 0 Å². The Morgan fingerprint density at radius 3 is 2.56 bits per heavy atom. The number of carbonyl (C=O) groups excluding carboxylic acids is 1. The number of rotatable bonds is 4. The summed E-state index contributed by atoms with van der Waals surface area (Å²) in [5.41, 5.74) is 3.03. The molecule has 2 heterocycles. The largest absolute Gasteiger partial charge is 0.495 e. The molecule has 1 amide bonds. The Bertz CT molecular complexity index is 1080. The van der Waals surface area contributed by atoms with Crippen molar-refractivity contribution in [2.75, 3.05) is 12.4 Å². The van der Waals surface area contributed by atoms with E-state index in [1.54, 1.807) is 48.7 Å². The van der Waals surface area contributed by atoms with Crippen molar-refractivity contribution < 1.29 is 14.5 Å². The van der Waals surface area contributed by atoms with E-state index >= 15 is 0 Å². The zero-order chi connectivity index (χ0) is 19.0. The fraction of sp³-hybridized carbons (Fsp3) is 0.0500. The molecular formula is C20H15N3O4. The molecule has 0 radical (unpaired) electrons. The lowest BCUT2D eigenvalue weighted by Gasteiger charge is -2.10. The van der Waals surface area contributed by atoms with Gasteiger partial charge in [0.1, 0.15) is 5.75 Å². The fourth-order valence-electron chi connectivity index (χ4n) is 3.27. The third kappa shape index (κ3) is 2.75. The Morgan fingerprint density at radius 2 is 1.85 bits per heavy atom. The second-order valence-electron chi connectivity index (χ2n) is 5.98. The zero-order valence-electron chi connectivity index (χ0n) is 14.4. The second-order valence-corrected chi connectivity index (χ2v) is 5.98. The van der Waals surface area contributed by atoms with Gasteiger partial charge in [-0.2, -0.15) is 0 Å². The van der Waals surface area contributed by atoms with Gasteiger partial charge in [-0.3, -0.25) is 14.9 Å². The number of nitro groups is 1. The molecule has 7 heteroatoms. The highest BCUT2D eigenvalue weighted by Crippen LogP contribution is 2.45. The number of fused-ring (bicyclic) bond motifs is 1. The highest BCUT2D eigenvalue weighted by Gasteiger charge is 2.32. The quantitative estimate of drug-likeness (QED) is 0.415. The number of benzene rings is 2. The van der Waals surface area contributed by atoms with Crippen LogP contribution in [0, 0.1) is 10.1 Å². The molecule has 7 nitrogen and oxygen atoms in total. The highest BCUT2D eigenvalue weighted by atomic mass is 16.6. The topological polar surface area (TPSA) is 97.3 Å². The molecule has 1 aliphatic heterocycles. The van der Waals surface area contributed by atoms with Gasteiger partial charge in [-0.25, -0.2) is 0 Å². The summed E-state index contributed by atoms with van der Waals surface area (Å²) in [4.78, 5) is 26.9. The summed E-state index contributed by atoms with van der Waals surface area (Å²) < 4.78 is 5.28. The van der Waals surface area contributed by atoms with Crippen molar-refractivity contribution in [3.05, 3.63) is 76.1 Å². The molecule has 0 saturated heterocycles. The van der Waals surface area contributed by atoms with Crippen molar-refractivity contribution in [2.24, 2.45) is 0 Å². The smallest absolute Gasteiger partial charge is 0.277 e. The lowest BCUT2D eigenvalue weighted by atomic mass is 9.93. The minimum atomic E-state index is -0.432. The second kappa shape index (κ2) is 6.45. The lowest BCUT2D eigenvalue weighted by molar-refractivity contribution is -0.384. The summed E-state index contributed by atoms with van der Waals surface area (Å²) in [5.74, 6) is 0.259. The lowest BCUT2D eigenvalue weighted by Crippen LogP contribution is -2.03. The maximum Gasteiger partial charge on any atom is 0.277 e. The number of hydrogen-bond acceptors (Lipinski definition) is 4. The molecule has 0 aliphatic carbocycles. The van der Waals surface area contributed by atoms with E-state index in [-0.39, 0.29) is 11.6 Å². The Kier molecular flexibility index (Phi) is 3.97. The van der Waals surface area contributed by atoms with Crippen LogP contribution in [0.3, 0.4) is 0 Å². The molecule has 0 fully saturated rings. The number of hydrogen-bond donors (Lipinski definition) is 2. The van der Waals surface area contributed by atoms with Crippen LogP contribution in [0.2, 0.25) is 0 Å². The number of nitrogens with one attached hydrogen (secondary N) is 2. The Balaban J connectivity index is 2.01. The summed E-state index contributed by atoms with van der Waals surface area (Å²) in [5, 5.41) is 14.4. The summed E-state index contributed by atoms with van der Waals surface area (Å²) in [6, 6.07) is 13.7. The number of nitro benzene ring substituents is 1. The first-order chi connectivity index (χ1) is 13.1. The van der Waals surface area contributed by atoms with Crippen molar-refractivity contribution in [1.82, 2.24) is 4.98 Å². The molecule has 0 spiro atoms. The minimum Gasteiger partial charge on any atom is -0.495 e. The van der Waals surface area contributed by atoms with E-state index in [1.165, 1.54) is 13.2 Å². The number of anilines is 1. The first-order valence-corrected chi connectivity index (χ1v) is 8.21. The van der Waals surface area contributed by atoms with Gasteiger partial charge in [0.05, 0.1) is 34.6 Å². The van der Waals surface area contributed by atoms with Crippen LogP contribution in [0.4, 0.5) is 11.4 Å². The maximum absolute atomic E-state index is 12.6. The number of aromatic amines is 1. The molecule has 4 rings (SSSR count). The van der Waals surface area contributed by atoms with E-state index in [0.29, 0.717) is 39.4 Å². The molecule has 0 atom stereocenters. The third-order valence-electron chi connectivity index (χ3n) is 4.45. The predicted molar refractivity (Wildman–Crippen MR) is 102 cm³/mol. The molecule has 0 saturated carbocycles. The fourth-order valence-corrected chi connectivity index (χ4v) is 3.27. The van der Waals surface area contributed by atoms with Crippen LogP contribution in [-0.2, 0) is 4.79 Å². The Morgan fingerprint density at radius 1 is 1.07 bits per heavy atom. The van der Waals surface area contributed by atoms with Crippen molar-refractivity contribution >= 4 is 28.9 Å².